The van der Waals surface area contributed by atoms with Crippen LogP contribution < -0.4 is 5.32 Å². The number of halogens is 2. The molecule has 2 rings (SSSR count). The average molecular weight is 382 g/mol. The summed E-state index contributed by atoms with van der Waals surface area (Å²) in [6.07, 6.45) is -0.805. The van der Waals surface area contributed by atoms with Gasteiger partial charge in [0.05, 0.1) is 22.8 Å². The lowest BCUT2D eigenvalue weighted by atomic mass is 10.1. The smallest absolute Gasteiger partial charge is 0.411 e. The van der Waals surface area contributed by atoms with Gasteiger partial charge in [-0.05, 0) is 33.6 Å². The predicted molar refractivity (Wildman–Crippen MR) is 85.7 cm³/mol. The Labute approximate surface area is 140 Å². The number of benzene rings is 2. The Morgan fingerprint density at radius 1 is 1.22 bits per heavy atom. The van der Waals surface area contributed by atoms with Crippen LogP contribution in [0.2, 0.25) is 0 Å². The van der Waals surface area contributed by atoms with Crippen molar-refractivity contribution < 1.29 is 23.5 Å². The summed E-state index contributed by atoms with van der Waals surface area (Å²) in [5.74, 6) is -1.33. The lowest BCUT2D eigenvalue weighted by molar-refractivity contribution is 0.0602. The number of methoxy groups -OCH3 is 1. The number of hydrogen-bond donors (Lipinski definition) is 1. The molecule has 2 aromatic rings. The summed E-state index contributed by atoms with van der Waals surface area (Å²) in [5, 5.41) is 2.34. The molecule has 0 aliphatic heterocycles. The van der Waals surface area contributed by atoms with Gasteiger partial charge >= 0.3 is 12.1 Å². The molecule has 0 saturated carbocycles. The summed E-state index contributed by atoms with van der Waals surface area (Å²) in [6.45, 7) is 0.0548. The van der Waals surface area contributed by atoms with Crippen molar-refractivity contribution in [2.75, 3.05) is 12.4 Å². The zero-order chi connectivity index (χ0) is 16.8. The zero-order valence-electron chi connectivity index (χ0n) is 12.1. The van der Waals surface area contributed by atoms with Crippen LogP contribution in [0.5, 0.6) is 0 Å². The Hall–Kier alpha value is -2.41. The minimum absolute atomic E-state index is 0.0115. The first-order valence-electron chi connectivity index (χ1n) is 6.56. The van der Waals surface area contributed by atoms with Crippen molar-refractivity contribution in [1.82, 2.24) is 0 Å². The van der Waals surface area contributed by atoms with E-state index in [1.807, 2.05) is 18.2 Å². The Morgan fingerprint density at radius 2 is 1.91 bits per heavy atom. The van der Waals surface area contributed by atoms with Crippen molar-refractivity contribution in [3.8, 4) is 0 Å². The Morgan fingerprint density at radius 3 is 2.57 bits per heavy atom. The second-order valence-electron chi connectivity index (χ2n) is 4.49. The van der Waals surface area contributed by atoms with E-state index in [0.717, 1.165) is 11.6 Å². The van der Waals surface area contributed by atoms with E-state index in [1.165, 1.54) is 13.2 Å². The van der Waals surface area contributed by atoms with Crippen molar-refractivity contribution in [3.05, 3.63) is 63.9 Å². The molecule has 0 heterocycles. The minimum atomic E-state index is -0.805. The first kappa shape index (κ1) is 17.0. The third-order valence-corrected chi connectivity index (χ3v) is 3.52. The number of anilines is 1. The first-order valence-corrected chi connectivity index (χ1v) is 7.35. The molecule has 120 valence electrons. The Balaban J connectivity index is 2.10. The van der Waals surface area contributed by atoms with Crippen LogP contribution in [0.1, 0.15) is 15.9 Å². The lowest BCUT2D eigenvalue weighted by Crippen LogP contribution is -2.17. The van der Waals surface area contributed by atoms with Crippen molar-refractivity contribution in [1.29, 1.82) is 0 Å². The van der Waals surface area contributed by atoms with Crippen LogP contribution in [0.25, 0.3) is 0 Å². The molecule has 0 atom stereocenters. The molecule has 0 bridgehead atoms. The van der Waals surface area contributed by atoms with Crippen LogP contribution in [-0.4, -0.2) is 19.2 Å². The van der Waals surface area contributed by atoms with Crippen LogP contribution >= 0.6 is 15.9 Å². The van der Waals surface area contributed by atoms with Crippen LogP contribution in [0, 0.1) is 5.82 Å². The number of amides is 1. The zero-order valence-corrected chi connectivity index (χ0v) is 13.7. The summed E-state index contributed by atoms with van der Waals surface area (Å²) in [6, 6.07) is 11.3. The first-order chi connectivity index (χ1) is 11.0. The van der Waals surface area contributed by atoms with Gasteiger partial charge in [0, 0.05) is 0 Å². The van der Waals surface area contributed by atoms with E-state index in [9.17, 15) is 14.0 Å². The predicted octanol–water partition coefficient (Wildman–Crippen LogP) is 4.12. The second-order valence-corrected chi connectivity index (χ2v) is 5.34. The molecule has 0 aromatic heterocycles. The van der Waals surface area contributed by atoms with E-state index < -0.39 is 17.9 Å². The van der Waals surface area contributed by atoms with E-state index >= 15 is 0 Å². The molecule has 1 amide bonds. The van der Waals surface area contributed by atoms with Gasteiger partial charge < -0.3 is 9.47 Å². The number of hydrogen-bond acceptors (Lipinski definition) is 4. The van der Waals surface area contributed by atoms with Crippen molar-refractivity contribution in [2.45, 2.75) is 6.61 Å². The molecule has 0 unspecified atom stereocenters. The highest BCUT2D eigenvalue weighted by atomic mass is 79.9. The second kappa shape index (κ2) is 7.73. The normalized spacial score (nSPS) is 10.0. The van der Waals surface area contributed by atoms with E-state index in [-0.39, 0.29) is 22.3 Å². The Bertz CT molecular complexity index is 722. The number of esters is 1. The van der Waals surface area contributed by atoms with E-state index in [4.69, 9.17) is 4.74 Å². The van der Waals surface area contributed by atoms with E-state index in [1.54, 1.807) is 12.1 Å². The number of nitrogens with one attached hydrogen (secondary N) is 1. The molecule has 0 saturated heterocycles. The van der Waals surface area contributed by atoms with Gasteiger partial charge in [0.1, 0.15) is 12.4 Å². The van der Waals surface area contributed by atoms with Crippen molar-refractivity contribution in [2.24, 2.45) is 0 Å². The maximum absolute atomic E-state index is 13.6. The summed E-state index contributed by atoms with van der Waals surface area (Å²) in [5.41, 5.74) is 0.783. The van der Waals surface area contributed by atoms with Gasteiger partial charge in [0.25, 0.3) is 0 Å². The van der Waals surface area contributed by atoms with Crippen molar-refractivity contribution >= 4 is 33.7 Å². The molecule has 7 heteroatoms. The number of ether oxygens (including phenoxy) is 2. The highest BCUT2D eigenvalue weighted by Gasteiger charge is 2.17. The van der Waals surface area contributed by atoms with Gasteiger partial charge in [0.2, 0.25) is 0 Å². The fourth-order valence-corrected chi connectivity index (χ4v) is 2.14. The molecule has 5 nitrogen and oxygen atoms in total. The van der Waals surface area contributed by atoms with Crippen LogP contribution in [0.15, 0.2) is 46.9 Å². The summed E-state index contributed by atoms with van der Waals surface area (Å²) in [4.78, 5) is 23.5. The third kappa shape index (κ3) is 4.53. The fourth-order valence-electron chi connectivity index (χ4n) is 1.80. The third-order valence-electron chi connectivity index (χ3n) is 2.92. The largest absolute Gasteiger partial charge is 0.465 e. The number of carbonyl (C=O) groups is 2. The molecule has 0 aliphatic rings. The van der Waals surface area contributed by atoms with E-state index in [0.29, 0.717) is 0 Å². The molecule has 23 heavy (non-hydrogen) atoms. The van der Waals surface area contributed by atoms with Gasteiger partial charge in [-0.1, -0.05) is 30.3 Å². The molecule has 0 aliphatic carbocycles. The molecule has 1 N–H and O–H groups in total. The topological polar surface area (TPSA) is 64.6 Å². The maximum atomic E-state index is 13.6. The highest BCUT2D eigenvalue weighted by Crippen LogP contribution is 2.25. The molecule has 0 radical (unpaired) electrons. The fraction of sp³-hybridized carbons (Fsp3) is 0.125. The molecule has 0 fully saturated rings. The monoisotopic (exact) mass is 381 g/mol. The van der Waals surface area contributed by atoms with Crippen LogP contribution in [-0.2, 0) is 16.1 Å². The molecular formula is C16H13BrFNO4. The van der Waals surface area contributed by atoms with Gasteiger partial charge in [-0.25, -0.2) is 14.0 Å². The van der Waals surface area contributed by atoms with Crippen molar-refractivity contribution in [3.63, 3.8) is 0 Å². The van der Waals surface area contributed by atoms with Gasteiger partial charge in [-0.15, -0.1) is 0 Å². The summed E-state index contributed by atoms with van der Waals surface area (Å²) >= 11 is 2.98. The standard InChI is InChI=1S/C16H13BrFNO4/c1-22-15(20)11-7-12(17)13(18)8-14(11)19-16(21)23-9-10-5-3-2-4-6-10/h2-8H,9H2,1H3,(H,19,21). The quantitative estimate of drug-likeness (QED) is 0.808. The highest BCUT2D eigenvalue weighted by molar-refractivity contribution is 9.10. The van der Waals surface area contributed by atoms with Gasteiger partial charge in [-0.3, -0.25) is 5.32 Å². The summed E-state index contributed by atoms with van der Waals surface area (Å²) < 4.78 is 23.4. The Kier molecular flexibility index (Phi) is 5.70. The number of rotatable bonds is 4. The minimum Gasteiger partial charge on any atom is -0.465 e. The van der Waals surface area contributed by atoms with E-state index in [2.05, 4.69) is 26.0 Å². The maximum Gasteiger partial charge on any atom is 0.411 e. The van der Waals surface area contributed by atoms with Crippen LogP contribution in [0.4, 0.5) is 14.9 Å². The molecule has 2 aromatic carbocycles. The molecule has 0 spiro atoms. The lowest BCUT2D eigenvalue weighted by Gasteiger charge is -2.11. The summed E-state index contributed by atoms with van der Waals surface area (Å²) in [7, 11) is 1.19. The average Bonchev–Trinajstić information content (AvgIpc) is 2.56. The SMILES string of the molecule is COC(=O)c1cc(Br)c(F)cc1NC(=O)OCc1ccccc1. The number of carbonyl (C=O) groups excluding carboxylic acids is 2. The molecular weight excluding hydrogens is 369 g/mol. The van der Waals surface area contributed by atoms with Gasteiger partial charge in [-0.2, -0.15) is 0 Å². The van der Waals surface area contributed by atoms with Gasteiger partial charge in [0.15, 0.2) is 0 Å². The van der Waals surface area contributed by atoms with Crippen LogP contribution in [0.3, 0.4) is 0 Å².